The summed E-state index contributed by atoms with van der Waals surface area (Å²) >= 11 is 0. The maximum Gasteiger partial charge on any atom is 0.387 e. The highest BCUT2D eigenvalue weighted by molar-refractivity contribution is 5.79. The molecule has 0 saturated carbocycles. The van der Waals surface area contributed by atoms with Gasteiger partial charge in [0.2, 0.25) is 5.91 Å². The third-order valence-electron chi connectivity index (χ3n) is 4.42. The Hall–Kier alpha value is -3.19. The summed E-state index contributed by atoms with van der Waals surface area (Å²) in [5.41, 5.74) is 1.63. The molecule has 7 heteroatoms. The first-order valence-corrected chi connectivity index (χ1v) is 9.19. The molecule has 3 aromatic rings. The van der Waals surface area contributed by atoms with Crippen LogP contribution in [0.15, 0.2) is 77.4 Å². The summed E-state index contributed by atoms with van der Waals surface area (Å²) in [4.78, 5) is 12.6. The molecule has 0 radical (unpaired) electrons. The molecule has 0 aliphatic heterocycles. The summed E-state index contributed by atoms with van der Waals surface area (Å²) in [6.07, 6.45) is 1.58. The van der Waals surface area contributed by atoms with Crippen LogP contribution >= 0.6 is 0 Å². The van der Waals surface area contributed by atoms with Crippen molar-refractivity contribution in [2.24, 2.45) is 0 Å². The number of ether oxygens (including phenoxy) is 1. The molecule has 2 atom stereocenters. The fourth-order valence-corrected chi connectivity index (χ4v) is 2.94. The number of alkyl halides is 2. The van der Waals surface area contributed by atoms with Crippen LogP contribution in [0.3, 0.4) is 0 Å². The molecular formula is C22H22F2N2O3. The Labute approximate surface area is 167 Å². The zero-order chi connectivity index (χ0) is 20.6. The highest BCUT2D eigenvalue weighted by Crippen LogP contribution is 2.25. The van der Waals surface area contributed by atoms with Crippen molar-refractivity contribution >= 4 is 5.91 Å². The van der Waals surface area contributed by atoms with E-state index in [1.807, 2.05) is 43.3 Å². The Morgan fingerprint density at radius 1 is 1.00 bits per heavy atom. The number of carbonyl (C=O) groups is 1. The van der Waals surface area contributed by atoms with Crippen molar-refractivity contribution in [3.05, 3.63) is 89.9 Å². The van der Waals surface area contributed by atoms with Crippen LogP contribution in [-0.4, -0.2) is 19.1 Å². The Kier molecular flexibility index (Phi) is 6.97. The summed E-state index contributed by atoms with van der Waals surface area (Å²) in [5.74, 6) is 0.605. The quantitative estimate of drug-likeness (QED) is 0.558. The molecule has 0 spiro atoms. The first kappa shape index (κ1) is 20.5. The molecule has 1 heterocycles. The highest BCUT2D eigenvalue weighted by Gasteiger charge is 2.18. The molecule has 2 N–H and O–H groups in total. The van der Waals surface area contributed by atoms with E-state index in [1.165, 1.54) is 12.1 Å². The van der Waals surface area contributed by atoms with Crippen molar-refractivity contribution in [3.8, 4) is 5.75 Å². The van der Waals surface area contributed by atoms with E-state index in [9.17, 15) is 13.6 Å². The van der Waals surface area contributed by atoms with Crippen molar-refractivity contribution in [3.63, 3.8) is 0 Å². The second-order valence-corrected chi connectivity index (χ2v) is 6.48. The first-order chi connectivity index (χ1) is 14.0. The van der Waals surface area contributed by atoms with Gasteiger partial charge < -0.3 is 14.5 Å². The number of furan rings is 1. The third kappa shape index (κ3) is 5.89. The smallest absolute Gasteiger partial charge is 0.387 e. The molecule has 3 rings (SSSR count). The van der Waals surface area contributed by atoms with E-state index in [0.717, 1.165) is 16.9 Å². The minimum atomic E-state index is -2.88. The van der Waals surface area contributed by atoms with E-state index in [4.69, 9.17) is 4.42 Å². The van der Waals surface area contributed by atoms with Crippen molar-refractivity contribution in [1.29, 1.82) is 0 Å². The van der Waals surface area contributed by atoms with Crippen LogP contribution in [0.4, 0.5) is 8.78 Å². The molecule has 29 heavy (non-hydrogen) atoms. The molecule has 5 nitrogen and oxygen atoms in total. The lowest BCUT2D eigenvalue weighted by atomic mass is 9.98. The normalized spacial score (nSPS) is 13.1. The molecule has 0 saturated heterocycles. The van der Waals surface area contributed by atoms with Crippen molar-refractivity contribution in [2.75, 3.05) is 6.54 Å². The molecular weight excluding hydrogens is 378 g/mol. The number of amides is 1. The van der Waals surface area contributed by atoms with Crippen LogP contribution in [0.25, 0.3) is 0 Å². The van der Waals surface area contributed by atoms with Gasteiger partial charge in [0.15, 0.2) is 0 Å². The number of hydrogen-bond acceptors (Lipinski definition) is 4. The van der Waals surface area contributed by atoms with Gasteiger partial charge in [0.05, 0.1) is 24.9 Å². The Balaban J connectivity index is 1.70. The summed E-state index contributed by atoms with van der Waals surface area (Å²) in [6.45, 7) is -0.881. The highest BCUT2D eigenvalue weighted by atomic mass is 19.3. The minimum absolute atomic E-state index is 0.0656. The van der Waals surface area contributed by atoms with E-state index in [2.05, 4.69) is 15.4 Å². The topological polar surface area (TPSA) is 63.5 Å². The van der Waals surface area contributed by atoms with Gasteiger partial charge >= 0.3 is 6.61 Å². The third-order valence-corrected chi connectivity index (χ3v) is 4.42. The van der Waals surface area contributed by atoms with Gasteiger partial charge in [-0.3, -0.25) is 10.1 Å². The summed E-state index contributed by atoms with van der Waals surface area (Å²) in [6, 6.07) is 18.8. The lowest BCUT2D eigenvalue weighted by Crippen LogP contribution is -2.37. The average molecular weight is 400 g/mol. The lowest BCUT2D eigenvalue weighted by molar-refractivity contribution is -0.120. The van der Waals surface area contributed by atoms with Crippen LogP contribution in [0.1, 0.15) is 35.9 Å². The summed E-state index contributed by atoms with van der Waals surface area (Å²) in [5, 5.41) is 6.10. The number of nitrogens with one attached hydrogen (secondary N) is 2. The van der Waals surface area contributed by atoms with Crippen LogP contribution in [-0.2, 0) is 4.79 Å². The maximum atomic E-state index is 12.6. The summed E-state index contributed by atoms with van der Waals surface area (Å²) in [7, 11) is 0. The number of rotatable bonds is 9. The predicted octanol–water partition coefficient (Wildman–Crippen LogP) is 4.44. The van der Waals surface area contributed by atoms with Gasteiger partial charge in [-0.05, 0) is 42.3 Å². The monoisotopic (exact) mass is 400 g/mol. The first-order valence-electron chi connectivity index (χ1n) is 9.19. The number of hydrogen-bond donors (Lipinski definition) is 2. The minimum Gasteiger partial charge on any atom is -0.468 e. The fourth-order valence-electron chi connectivity index (χ4n) is 2.94. The largest absolute Gasteiger partial charge is 0.468 e. The molecule has 1 aromatic heterocycles. The molecule has 0 bridgehead atoms. The number of benzene rings is 2. The Bertz CT molecular complexity index is 884. The molecule has 0 aliphatic carbocycles. The number of carbonyl (C=O) groups excluding carboxylic acids is 1. The van der Waals surface area contributed by atoms with Crippen LogP contribution in [0, 0.1) is 0 Å². The van der Waals surface area contributed by atoms with E-state index in [0.29, 0.717) is 0 Å². The molecule has 1 amide bonds. The van der Waals surface area contributed by atoms with E-state index in [1.54, 1.807) is 24.5 Å². The zero-order valence-corrected chi connectivity index (χ0v) is 15.8. The van der Waals surface area contributed by atoms with Gasteiger partial charge in [-0.15, -0.1) is 0 Å². The predicted molar refractivity (Wildman–Crippen MR) is 105 cm³/mol. The molecule has 0 fully saturated rings. The Morgan fingerprint density at radius 2 is 1.69 bits per heavy atom. The SMILES string of the molecule is C[C@H](NCC(=O)N[C@@H](c1ccccc1)c1ccc(OC(F)F)cc1)c1ccco1. The van der Waals surface area contributed by atoms with E-state index >= 15 is 0 Å². The standard InChI is InChI=1S/C22H22F2N2O3/c1-15(19-8-5-13-28-19)25-14-20(27)26-21(16-6-3-2-4-7-16)17-9-11-18(12-10-17)29-22(23)24/h2-13,15,21-22,25H,14H2,1H3,(H,26,27)/t15-,21-/m0/s1. The zero-order valence-electron chi connectivity index (χ0n) is 15.8. The van der Waals surface area contributed by atoms with Gasteiger partial charge in [-0.25, -0.2) is 0 Å². The lowest BCUT2D eigenvalue weighted by Gasteiger charge is -2.21. The van der Waals surface area contributed by atoms with Crippen LogP contribution < -0.4 is 15.4 Å². The van der Waals surface area contributed by atoms with Gasteiger partial charge in [0.25, 0.3) is 0 Å². The molecule has 0 unspecified atom stereocenters. The molecule has 152 valence electrons. The van der Waals surface area contributed by atoms with Gasteiger partial charge in [0.1, 0.15) is 11.5 Å². The van der Waals surface area contributed by atoms with Crippen LogP contribution in [0.2, 0.25) is 0 Å². The summed E-state index contributed by atoms with van der Waals surface area (Å²) < 4.78 is 34.5. The Morgan fingerprint density at radius 3 is 2.31 bits per heavy atom. The van der Waals surface area contributed by atoms with Crippen LogP contribution in [0.5, 0.6) is 5.75 Å². The van der Waals surface area contributed by atoms with Crippen molar-refractivity contribution in [2.45, 2.75) is 25.6 Å². The second-order valence-electron chi connectivity index (χ2n) is 6.48. The van der Waals surface area contributed by atoms with Crippen molar-refractivity contribution < 1.29 is 22.7 Å². The van der Waals surface area contributed by atoms with Gasteiger partial charge in [-0.1, -0.05) is 42.5 Å². The van der Waals surface area contributed by atoms with Crippen molar-refractivity contribution in [1.82, 2.24) is 10.6 Å². The van der Waals surface area contributed by atoms with Gasteiger partial charge in [-0.2, -0.15) is 8.78 Å². The molecule has 0 aliphatic rings. The average Bonchev–Trinajstić information content (AvgIpc) is 3.26. The number of halogens is 2. The fraction of sp³-hybridized carbons (Fsp3) is 0.227. The molecule has 2 aromatic carbocycles. The second kappa shape index (κ2) is 9.84. The van der Waals surface area contributed by atoms with E-state index < -0.39 is 12.7 Å². The van der Waals surface area contributed by atoms with Gasteiger partial charge in [0, 0.05) is 0 Å². The maximum absolute atomic E-state index is 12.6. The van der Waals surface area contributed by atoms with E-state index in [-0.39, 0.29) is 24.2 Å².